The summed E-state index contributed by atoms with van der Waals surface area (Å²) in [5.74, 6) is 0.293. The van der Waals surface area contributed by atoms with Crippen LogP contribution >= 0.6 is 0 Å². The highest BCUT2D eigenvalue weighted by atomic mass is 16.5. The zero-order valence-electron chi connectivity index (χ0n) is 14.6. The van der Waals surface area contributed by atoms with E-state index in [9.17, 15) is 4.79 Å². The predicted octanol–water partition coefficient (Wildman–Crippen LogP) is 3.10. The molecule has 24 heavy (non-hydrogen) atoms. The standard InChI is InChI=1S/C18H24N4O2/c1-12-8-13(2)16(14(3)9-12)22-17(23)15-10-20-18(21-11-15)19-6-5-7-24-4/h8-11H,5-7H2,1-4H3,(H,22,23)(H,19,20,21). The second kappa shape index (κ2) is 8.40. The molecule has 0 atom stereocenters. The number of nitrogens with zero attached hydrogens (tertiary/aromatic N) is 2. The van der Waals surface area contributed by atoms with Gasteiger partial charge in [-0.05, 0) is 38.3 Å². The van der Waals surface area contributed by atoms with E-state index in [0.717, 1.165) is 29.8 Å². The first-order valence-corrected chi connectivity index (χ1v) is 7.95. The summed E-state index contributed by atoms with van der Waals surface area (Å²) in [7, 11) is 1.67. The molecule has 0 radical (unpaired) electrons. The van der Waals surface area contributed by atoms with Gasteiger partial charge in [-0.25, -0.2) is 9.97 Å². The van der Waals surface area contributed by atoms with Crippen molar-refractivity contribution in [2.75, 3.05) is 30.9 Å². The van der Waals surface area contributed by atoms with Gasteiger partial charge in [0.1, 0.15) is 0 Å². The number of rotatable bonds is 7. The van der Waals surface area contributed by atoms with Gasteiger partial charge in [0, 0.05) is 38.3 Å². The van der Waals surface area contributed by atoms with Crippen LogP contribution in [0.4, 0.5) is 11.6 Å². The van der Waals surface area contributed by atoms with Crippen LogP contribution < -0.4 is 10.6 Å². The molecule has 0 fully saturated rings. The lowest BCUT2D eigenvalue weighted by Crippen LogP contribution is -2.15. The van der Waals surface area contributed by atoms with Crippen LogP contribution in [-0.2, 0) is 4.74 Å². The van der Waals surface area contributed by atoms with E-state index in [1.807, 2.05) is 32.9 Å². The van der Waals surface area contributed by atoms with Crippen molar-refractivity contribution in [1.29, 1.82) is 0 Å². The fourth-order valence-corrected chi connectivity index (χ4v) is 2.52. The van der Waals surface area contributed by atoms with Gasteiger partial charge in [-0.2, -0.15) is 0 Å². The highest BCUT2D eigenvalue weighted by Gasteiger charge is 2.11. The van der Waals surface area contributed by atoms with Crippen LogP contribution in [0.3, 0.4) is 0 Å². The SMILES string of the molecule is COCCCNc1ncc(C(=O)Nc2c(C)cc(C)cc2C)cn1. The maximum atomic E-state index is 12.4. The Bertz CT molecular complexity index is 676. The molecule has 1 aromatic heterocycles. The number of carbonyl (C=O) groups excluding carboxylic acids is 1. The maximum absolute atomic E-state index is 12.4. The van der Waals surface area contributed by atoms with Crippen LogP contribution in [0.2, 0.25) is 0 Å². The van der Waals surface area contributed by atoms with Crippen molar-refractivity contribution in [2.24, 2.45) is 0 Å². The quantitative estimate of drug-likeness (QED) is 0.764. The van der Waals surface area contributed by atoms with Gasteiger partial charge in [-0.3, -0.25) is 4.79 Å². The summed E-state index contributed by atoms with van der Waals surface area (Å²) in [6.45, 7) is 7.42. The van der Waals surface area contributed by atoms with Crippen LogP contribution in [0.5, 0.6) is 0 Å². The van der Waals surface area contributed by atoms with Crippen molar-refractivity contribution in [3.8, 4) is 0 Å². The van der Waals surface area contributed by atoms with Crippen molar-refractivity contribution in [1.82, 2.24) is 9.97 Å². The van der Waals surface area contributed by atoms with Crippen molar-refractivity contribution < 1.29 is 9.53 Å². The molecule has 0 spiro atoms. The monoisotopic (exact) mass is 328 g/mol. The number of amides is 1. The molecule has 0 saturated heterocycles. The molecule has 0 aliphatic rings. The summed E-state index contributed by atoms with van der Waals surface area (Å²) in [5.41, 5.74) is 4.52. The second-order valence-corrected chi connectivity index (χ2v) is 5.80. The Kier molecular flexibility index (Phi) is 6.26. The molecule has 6 heteroatoms. The van der Waals surface area contributed by atoms with Crippen LogP contribution in [-0.4, -0.2) is 36.1 Å². The van der Waals surface area contributed by atoms with E-state index >= 15 is 0 Å². The third-order valence-electron chi connectivity index (χ3n) is 3.64. The number of carbonyl (C=O) groups is 1. The molecule has 1 amide bonds. The van der Waals surface area contributed by atoms with Gasteiger partial charge in [-0.1, -0.05) is 17.7 Å². The molecule has 0 unspecified atom stereocenters. The predicted molar refractivity (Wildman–Crippen MR) is 95.6 cm³/mol. The Hall–Kier alpha value is -2.47. The number of hydrogen-bond donors (Lipinski definition) is 2. The fraction of sp³-hybridized carbons (Fsp3) is 0.389. The van der Waals surface area contributed by atoms with Gasteiger partial charge < -0.3 is 15.4 Å². The van der Waals surface area contributed by atoms with E-state index in [1.165, 1.54) is 18.0 Å². The average Bonchev–Trinajstić information content (AvgIpc) is 2.55. The van der Waals surface area contributed by atoms with Gasteiger partial charge in [0.25, 0.3) is 5.91 Å². The van der Waals surface area contributed by atoms with Gasteiger partial charge >= 0.3 is 0 Å². The number of anilines is 2. The number of aromatic nitrogens is 2. The first kappa shape index (κ1) is 17.9. The highest BCUT2D eigenvalue weighted by Crippen LogP contribution is 2.22. The lowest BCUT2D eigenvalue weighted by atomic mass is 10.0. The molecule has 0 bridgehead atoms. The summed E-state index contributed by atoms with van der Waals surface area (Å²) in [6, 6.07) is 4.10. The molecular weight excluding hydrogens is 304 g/mol. The number of methoxy groups -OCH3 is 1. The van der Waals surface area contributed by atoms with E-state index in [2.05, 4.69) is 20.6 Å². The first-order valence-electron chi connectivity index (χ1n) is 7.95. The summed E-state index contributed by atoms with van der Waals surface area (Å²) in [4.78, 5) is 20.7. The average molecular weight is 328 g/mol. The number of aryl methyl sites for hydroxylation is 3. The minimum Gasteiger partial charge on any atom is -0.385 e. The molecular formula is C18H24N4O2. The van der Waals surface area contributed by atoms with E-state index in [4.69, 9.17) is 4.74 Å². The van der Waals surface area contributed by atoms with Gasteiger partial charge in [0.05, 0.1) is 5.56 Å². The summed E-state index contributed by atoms with van der Waals surface area (Å²) in [6.07, 6.45) is 3.92. The molecule has 6 nitrogen and oxygen atoms in total. The lowest BCUT2D eigenvalue weighted by molar-refractivity contribution is 0.102. The maximum Gasteiger partial charge on any atom is 0.258 e. The largest absolute Gasteiger partial charge is 0.385 e. The van der Waals surface area contributed by atoms with Crippen molar-refractivity contribution in [3.05, 3.63) is 46.8 Å². The van der Waals surface area contributed by atoms with E-state index in [1.54, 1.807) is 7.11 Å². The minimum atomic E-state index is -0.212. The van der Waals surface area contributed by atoms with Crippen LogP contribution in [0.1, 0.15) is 33.5 Å². The number of ether oxygens (including phenoxy) is 1. The molecule has 1 aromatic carbocycles. The smallest absolute Gasteiger partial charge is 0.258 e. The molecule has 2 aromatic rings. The Labute approximate surface area is 142 Å². The van der Waals surface area contributed by atoms with Crippen molar-refractivity contribution >= 4 is 17.5 Å². The Morgan fingerprint density at radius 2 is 1.75 bits per heavy atom. The third-order valence-corrected chi connectivity index (χ3v) is 3.64. The molecule has 0 aliphatic heterocycles. The van der Waals surface area contributed by atoms with Gasteiger partial charge in [0.15, 0.2) is 0 Å². The number of hydrogen-bond acceptors (Lipinski definition) is 5. The Morgan fingerprint density at radius 3 is 2.33 bits per heavy atom. The molecule has 0 saturated carbocycles. The van der Waals surface area contributed by atoms with Gasteiger partial charge in [-0.15, -0.1) is 0 Å². The zero-order valence-corrected chi connectivity index (χ0v) is 14.6. The number of benzene rings is 1. The van der Waals surface area contributed by atoms with Gasteiger partial charge in [0.2, 0.25) is 5.95 Å². The highest BCUT2D eigenvalue weighted by molar-refractivity contribution is 6.04. The first-order chi connectivity index (χ1) is 11.5. The zero-order chi connectivity index (χ0) is 17.5. The lowest BCUT2D eigenvalue weighted by Gasteiger charge is -2.13. The molecule has 1 heterocycles. The Balaban J connectivity index is 2.00. The molecule has 2 N–H and O–H groups in total. The normalized spacial score (nSPS) is 10.5. The van der Waals surface area contributed by atoms with E-state index in [-0.39, 0.29) is 5.91 Å². The minimum absolute atomic E-state index is 0.212. The van der Waals surface area contributed by atoms with E-state index in [0.29, 0.717) is 18.1 Å². The third kappa shape index (κ3) is 4.76. The molecule has 0 aliphatic carbocycles. The fourth-order valence-electron chi connectivity index (χ4n) is 2.52. The number of nitrogens with one attached hydrogen (secondary N) is 2. The molecule has 2 rings (SSSR count). The Morgan fingerprint density at radius 1 is 1.12 bits per heavy atom. The topological polar surface area (TPSA) is 76.1 Å². The van der Waals surface area contributed by atoms with Crippen LogP contribution in [0.15, 0.2) is 24.5 Å². The van der Waals surface area contributed by atoms with Crippen LogP contribution in [0.25, 0.3) is 0 Å². The van der Waals surface area contributed by atoms with Crippen molar-refractivity contribution in [2.45, 2.75) is 27.2 Å². The summed E-state index contributed by atoms with van der Waals surface area (Å²) < 4.78 is 4.98. The molecule has 128 valence electrons. The summed E-state index contributed by atoms with van der Waals surface area (Å²) in [5, 5.41) is 6.03. The second-order valence-electron chi connectivity index (χ2n) is 5.80. The van der Waals surface area contributed by atoms with Crippen molar-refractivity contribution in [3.63, 3.8) is 0 Å². The van der Waals surface area contributed by atoms with E-state index < -0.39 is 0 Å². The van der Waals surface area contributed by atoms with Crippen LogP contribution in [0, 0.1) is 20.8 Å². The summed E-state index contributed by atoms with van der Waals surface area (Å²) >= 11 is 0.